The van der Waals surface area contributed by atoms with Crippen LogP contribution in [0.1, 0.15) is 44.4 Å². The summed E-state index contributed by atoms with van der Waals surface area (Å²) in [6, 6.07) is 7.84. The Labute approximate surface area is 136 Å². The van der Waals surface area contributed by atoms with Crippen molar-refractivity contribution in [2.75, 3.05) is 13.1 Å². The van der Waals surface area contributed by atoms with E-state index in [0.29, 0.717) is 12.5 Å². The number of piperidine rings is 1. The van der Waals surface area contributed by atoms with E-state index in [9.17, 15) is 4.79 Å². The third kappa shape index (κ3) is 3.03. The molecule has 1 unspecified atom stereocenters. The molecule has 2 aromatic rings. The van der Waals surface area contributed by atoms with Crippen molar-refractivity contribution in [1.82, 2.24) is 9.88 Å². The summed E-state index contributed by atoms with van der Waals surface area (Å²) >= 11 is 0. The van der Waals surface area contributed by atoms with E-state index in [-0.39, 0.29) is 11.8 Å². The Balaban J connectivity index is 1.50. The van der Waals surface area contributed by atoms with Crippen LogP contribution in [-0.2, 0) is 4.79 Å². The van der Waals surface area contributed by atoms with Gasteiger partial charge in [-0.2, -0.15) is 0 Å². The highest BCUT2D eigenvalue weighted by Gasteiger charge is 2.29. The fourth-order valence-electron chi connectivity index (χ4n) is 3.39. The number of oxazole rings is 1. The van der Waals surface area contributed by atoms with Crippen molar-refractivity contribution < 1.29 is 9.21 Å². The van der Waals surface area contributed by atoms with Crippen molar-refractivity contribution in [3.05, 3.63) is 41.8 Å². The summed E-state index contributed by atoms with van der Waals surface area (Å²) in [5.74, 6) is 1.77. The highest BCUT2D eigenvalue weighted by Crippen LogP contribution is 2.36. The van der Waals surface area contributed by atoms with Crippen molar-refractivity contribution in [2.45, 2.75) is 38.5 Å². The molecule has 1 aromatic carbocycles. The van der Waals surface area contributed by atoms with E-state index in [1.165, 1.54) is 18.4 Å². The van der Waals surface area contributed by atoms with Gasteiger partial charge in [-0.05, 0) is 50.7 Å². The van der Waals surface area contributed by atoms with E-state index in [1.54, 1.807) is 0 Å². The molecule has 2 aliphatic rings. The summed E-state index contributed by atoms with van der Waals surface area (Å²) < 4.78 is 5.90. The number of aromatic nitrogens is 1. The standard InChI is InChI=1S/C19H22N2O2/c1-13(14-8-9-14)11-18(22)21-10-4-5-15(12-21)19-20-16-6-2-3-7-17(16)23-19/h2-3,6-7,11,14-15H,4-5,8-10,12H2,1H3. The molecule has 0 bridgehead atoms. The van der Waals surface area contributed by atoms with Crippen molar-refractivity contribution in [3.63, 3.8) is 0 Å². The fourth-order valence-corrected chi connectivity index (χ4v) is 3.39. The minimum absolute atomic E-state index is 0.148. The summed E-state index contributed by atoms with van der Waals surface area (Å²) in [5, 5.41) is 0. The number of para-hydroxylation sites is 2. The molecule has 1 aromatic heterocycles. The zero-order valence-corrected chi connectivity index (χ0v) is 13.5. The molecule has 1 aliphatic carbocycles. The van der Waals surface area contributed by atoms with Gasteiger partial charge in [0.2, 0.25) is 5.91 Å². The number of benzene rings is 1. The van der Waals surface area contributed by atoms with Crippen molar-refractivity contribution in [1.29, 1.82) is 0 Å². The highest BCUT2D eigenvalue weighted by atomic mass is 16.3. The average Bonchev–Trinajstić information content (AvgIpc) is 3.33. The SMILES string of the molecule is CC(=CC(=O)N1CCCC(c2nc3ccccc3o2)C1)C1CC1. The monoisotopic (exact) mass is 310 g/mol. The van der Waals surface area contributed by atoms with Crippen LogP contribution in [-0.4, -0.2) is 28.9 Å². The Morgan fingerprint density at radius 1 is 1.30 bits per heavy atom. The third-order valence-electron chi connectivity index (χ3n) is 4.97. The maximum atomic E-state index is 12.5. The first-order valence-corrected chi connectivity index (χ1v) is 8.53. The Bertz CT molecular complexity index is 725. The maximum Gasteiger partial charge on any atom is 0.246 e. The van der Waals surface area contributed by atoms with Gasteiger partial charge in [-0.1, -0.05) is 17.7 Å². The number of allylic oxidation sites excluding steroid dienone is 1. The number of rotatable bonds is 3. The number of hydrogen-bond donors (Lipinski definition) is 0. The zero-order chi connectivity index (χ0) is 15.8. The molecule has 4 rings (SSSR count). The fraction of sp³-hybridized carbons (Fsp3) is 0.474. The lowest BCUT2D eigenvalue weighted by molar-refractivity contribution is -0.127. The quantitative estimate of drug-likeness (QED) is 0.808. The van der Waals surface area contributed by atoms with Crippen molar-refractivity contribution in [3.8, 4) is 0 Å². The second-order valence-electron chi connectivity index (χ2n) is 6.81. The minimum Gasteiger partial charge on any atom is -0.440 e. The number of amides is 1. The number of fused-ring (bicyclic) bond motifs is 1. The van der Waals surface area contributed by atoms with Gasteiger partial charge >= 0.3 is 0 Å². The van der Waals surface area contributed by atoms with E-state index in [2.05, 4.69) is 11.9 Å². The van der Waals surface area contributed by atoms with Crippen LogP contribution in [0.4, 0.5) is 0 Å². The smallest absolute Gasteiger partial charge is 0.246 e. The summed E-state index contributed by atoms with van der Waals surface area (Å²) in [6.45, 7) is 3.63. The van der Waals surface area contributed by atoms with Crippen LogP contribution in [0.3, 0.4) is 0 Å². The molecule has 0 spiro atoms. The minimum atomic E-state index is 0.148. The Hall–Kier alpha value is -2.10. The Morgan fingerprint density at radius 3 is 2.91 bits per heavy atom. The van der Waals surface area contributed by atoms with Gasteiger partial charge in [0.15, 0.2) is 11.5 Å². The lowest BCUT2D eigenvalue weighted by Crippen LogP contribution is -2.38. The number of carbonyl (C=O) groups is 1. The molecule has 4 nitrogen and oxygen atoms in total. The van der Waals surface area contributed by atoms with Crippen molar-refractivity contribution >= 4 is 17.0 Å². The normalized spacial score (nSPS) is 22.6. The predicted octanol–water partition coefficient (Wildman–Crippen LogP) is 3.89. The molecule has 23 heavy (non-hydrogen) atoms. The van der Waals surface area contributed by atoms with Crippen LogP contribution >= 0.6 is 0 Å². The summed E-state index contributed by atoms with van der Waals surface area (Å²) in [5.41, 5.74) is 2.96. The van der Waals surface area contributed by atoms with Gasteiger partial charge in [0.1, 0.15) is 5.52 Å². The molecule has 1 aliphatic heterocycles. The largest absolute Gasteiger partial charge is 0.440 e. The highest BCUT2D eigenvalue weighted by molar-refractivity contribution is 5.88. The van der Waals surface area contributed by atoms with Gasteiger partial charge in [-0.25, -0.2) is 4.98 Å². The predicted molar refractivity (Wildman–Crippen MR) is 89.0 cm³/mol. The number of hydrogen-bond acceptors (Lipinski definition) is 3. The van der Waals surface area contributed by atoms with Crippen LogP contribution in [0.2, 0.25) is 0 Å². The molecule has 4 heteroatoms. The van der Waals surface area contributed by atoms with Gasteiger partial charge in [0.05, 0.1) is 5.92 Å². The molecule has 2 fully saturated rings. The summed E-state index contributed by atoms with van der Waals surface area (Å²) in [6.07, 6.45) is 6.35. The molecule has 0 N–H and O–H groups in total. The molecule has 0 radical (unpaired) electrons. The lowest BCUT2D eigenvalue weighted by atomic mass is 9.97. The molecule has 2 heterocycles. The van der Waals surface area contributed by atoms with E-state index < -0.39 is 0 Å². The summed E-state index contributed by atoms with van der Waals surface area (Å²) in [7, 11) is 0. The first-order valence-electron chi connectivity index (χ1n) is 8.53. The van der Waals surface area contributed by atoms with Gasteiger partial charge in [0.25, 0.3) is 0 Å². The van der Waals surface area contributed by atoms with Gasteiger partial charge in [0, 0.05) is 19.2 Å². The van der Waals surface area contributed by atoms with E-state index >= 15 is 0 Å². The number of nitrogens with zero attached hydrogens (tertiary/aromatic N) is 2. The molecule has 120 valence electrons. The number of likely N-dealkylation sites (tertiary alicyclic amines) is 1. The van der Waals surface area contributed by atoms with E-state index in [4.69, 9.17) is 4.42 Å². The molecule has 1 saturated carbocycles. The molecule has 1 saturated heterocycles. The topological polar surface area (TPSA) is 46.3 Å². The maximum absolute atomic E-state index is 12.5. The Morgan fingerprint density at radius 2 is 2.13 bits per heavy atom. The molecular formula is C19H22N2O2. The first kappa shape index (κ1) is 14.5. The van der Waals surface area contributed by atoms with Crippen LogP contribution in [0.15, 0.2) is 40.3 Å². The van der Waals surface area contributed by atoms with E-state index in [0.717, 1.165) is 36.4 Å². The first-order chi connectivity index (χ1) is 11.2. The molecular weight excluding hydrogens is 288 g/mol. The summed E-state index contributed by atoms with van der Waals surface area (Å²) in [4.78, 5) is 19.1. The second-order valence-corrected chi connectivity index (χ2v) is 6.81. The van der Waals surface area contributed by atoms with Gasteiger partial charge < -0.3 is 9.32 Å². The number of carbonyl (C=O) groups excluding carboxylic acids is 1. The third-order valence-corrected chi connectivity index (χ3v) is 4.97. The van der Waals surface area contributed by atoms with Crippen LogP contribution < -0.4 is 0 Å². The van der Waals surface area contributed by atoms with Crippen LogP contribution in [0, 0.1) is 5.92 Å². The van der Waals surface area contributed by atoms with Crippen molar-refractivity contribution in [2.24, 2.45) is 5.92 Å². The van der Waals surface area contributed by atoms with Crippen LogP contribution in [0.25, 0.3) is 11.1 Å². The van der Waals surface area contributed by atoms with Gasteiger partial charge in [-0.15, -0.1) is 0 Å². The lowest BCUT2D eigenvalue weighted by Gasteiger charge is -2.30. The van der Waals surface area contributed by atoms with Gasteiger partial charge in [-0.3, -0.25) is 4.79 Å². The van der Waals surface area contributed by atoms with E-state index in [1.807, 2.05) is 35.2 Å². The second kappa shape index (κ2) is 5.84. The van der Waals surface area contributed by atoms with Crippen LogP contribution in [0.5, 0.6) is 0 Å². The Kier molecular flexibility index (Phi) is 3.68. The zero-order valence-electron chi connectivity index (χ0n) is 13.5. The average molecular weight is 310 g/mol. The molecule has 1 atom stereocenters. The molecule has 1 amide bonds.